The van der Waals surface area contributed by atoms with Crippen molar-refractivity contribution in [3.8, 4) is 5.69 Å². The summed E-state index contributed by atoms with van der Waals surface area (Å²) in [5.74, 6) is -0.0383. The quantitative estimate of drug-likeness (QED) is 0.286. The molecule has 0 unspecified atom stereocenters. The molecule has 1 aliphatic rings. The first-order valence-corrected chi connectivity index (χ1v) is 13.3. The summed E-state index contributed by atoms with van der Waals surface area (Å²) in [6.45, 7) is 8.91. The second kappa shape index (κ2) is 10.8. The Bertz CT molecular complexity index is 1480. The van der Waals surface area contributed by atoms with Gasteiger partial charge in [-0.2, -0.15) is 0 Å². The van der Waals surface area contributed by atoms with E-state index in [1.165, 1.54) is 11.1 Å². The number of aromatic nitrogens is 2. The lowest BCUT2D eigenvalue weighted by atomic mass is 9.96. The summed E-state index contributed by atoms with van der Waals surface area (Å²) in [4.78, 5) is 19.7. The number of amides is 1. The maximum Gasteiger partial charge on any atom is 0.226 e. The van der Waals surface area contributed by atoms with Crippen LogP contribution in [0.15, 0.2) is 79.0 Å². The number of thiocarbonyl (C=S) groups is 1. The Labute approximate surface area is 229 Å². The Kier molecular flexibility index (Phi) is 7.29. The van der Waals surface area contributed by atoms with E-state index in [1.807, 2.05) is 55.6 Å². The minimum atomic E-state index is -0.130. The molecule has 2 N–H and O–H groups in total. The van der Waals surface area contributed by atoms with Gasteiger partial charge in [0.15, 0.2) is 5.11 Å². The molecule has 3 heterocycles. The van der Waals surface area contributed by atoms with Gasteiger partial charge in [-0.25, -0.2) is 0 Å². The van der Waals surface area contributed by atoms with Gasteiger partial charge in [0, 0.05) is 41.9 Å². The molecule has 6 nitrogen and oxygen atoms in total. The summed E-state index contributed by atoms with van der Waals surface area (Å²) in [5.41, 5.74) is 8.67. The number of hydrogen-bond acceptors (Lipinski definition) is 3. The minimum absolute atomic E-state index is 0.0383. The van der Waals surface area contributed by atoms with E-state index in [0.717, 1.165) is 34.0 Å². The highest BCUT2D eigenvalue weighted by Crippen LogP contribution is 2.41. The Hall–Kier alpha value is -3.97. The van der Waals surface area contributed by atoms with E-state index in [1.54, 1.807) is 0 Å². The van der Waals surface area contributed by atoms with Gasteiger partial charge in [-0.1, -0.05) is 30.3 Å². The molecule has 38 heavy (non-hydrogen) atoms. The summed E-state index contributed by atoms with van der Waals surface area (Å²) in [5, 5.41) is 7.17. The highest BCUT2D eigenvalue weighted by Gasteiger charge is 2.41. The normalized spacial score (nSPS) is 16.9. The molecule has 0 aliphatic carbocycles. The third-order valence-electron chi connectivity index (χ3n) is 7.13. The number of benzene rings is 2. The van der Waals surface area contributed by atoms with Crippen molar-refractivity contribution in [2.24, 2.45) is 0 Å². The van der Waals surface area contributed by atoms with Crippen molar-refractivity contribution in [1.82, 2.24) is 19.8 Å². The molecule has 5 rings (SSSR count). The van der Waals surface area contributed by atoms with Crippen LogP contribution in [0.5, 0.6) is 0 Å². The number of pyridine rings is 1. The van der Waals surface area contributed by atoms with E-state index in [9.17, 15) is 4.79 Å². The fourth-order valence-corrected chi connectivity index (χ4v) is 5.74. The van der Waals surface area contributed by atoms with E-state index in [4.69, 9.17) is 12.2 Å². The lowest BCUT2D eigenvalue weighted by Crippen LogP contribution is -2.32. The summed E-state index contributed by atoms with van der Waals surface area (Å²) in [7, 11) is 0. The lowest BCUT2D eigenvalue weighted by molar-refractivity contribution is -0.116. The SMILES string of the molecule is Cc1cccc(NC(=O)CCN2C(=S)N[C@H](c3ccccn3)[C@@H]2c2cc(C)n(-c3cccc(C)c3)c2C)c1. The van der Waals surface area contributed by atoms with Gasteiger partial charge < -0.3 is 20.1 Å². The van der Waals surface area contributed by atoms with Crippen LogP contribution in [-0.4, -0.2) is 32.0 Å². The number of aryl methyl sites for hydroxylation is 3. The second-order valence-corrected chi connectivity index (χ2v) is 10.4. The van der Waals surface area contributed by atoms with E-state index >= 15 is 0 Å². The molecular formula is C31H33N5OS. The molecule has 2 atom stereocenters. The highest BCUT2D eigenvalue weighted by molar-refractivity contribution is 7.80. The first-order chi connectivity index (χ1) is 18.3. The van der Waals surface area contributed by atoms with Crippen molar-refractivity contribution >= 4 is 28.9 Å². The molecule has 2 aromatic carbocycles. The van der Waals surface area contributed by atoms with E-state index in [-0.39, 0.29) is 18.0 Å². The van der Waals surface area contributed by atoms with Crippen LogP contribution in [-0.2, 0) is 4.79 Å². The van der Waals surface area contributed by atoms with Gasteiger partial charge in [-0.15, -0.1) is 0 Å². The number of nitrogens with one attached hydrogen (secondary N) is 2. The average molecular weight is 524 g/mol. The number of hydrogen-bond donors (Lipinski definition) is 2. The smallest absolute Gasteiger partial charge is 0.226 e. The van der Waals surface area contributed by atoms with Gasteiger partial charge in [-0.05, 0) is 99.1 Å². The molecule has 0 bridgehead atoms. The lowest BCUT2D eigenvalue weighted by Gasteiger charge is -2.28. The number of anilines is 1. The van der Waals surface area contributed by atoms with Crippen LogP contribution in [0.2, 0.25) is 0 Å². The predicted molar refractivity (Wildman–Crippen MR) is 157 cm³/mol. The average Bonchev–Trinajstić information content (AvgIpc) is 3.37. The molecule has 0 radical (unpaired) electrons. The van der Waals surface area contributed by atoms with E-state index in [0.29, 0.717) is 18.1 Å². The molecule has 1 fully saturated rings. The van der Waals surface area contributed by atoms with Gasteiger partial charge in [0.05, 0.1) is 17.8 Å². The van der Waals surface area contributed by atoms with Crippen molar-refractivity contribution in [2.45, 2.75) is 46.2 Å². The molecule has 7 heteroatoms. The number of rotatable bonds is 7. The summed E-state index contributed by atoms with van der Waals surface area (Å²) in [6.07, 6.45) is 2.13. The molecule has 1 saturated heterocycles. The van der Waals surface area contributed by atoms with Gasteiger partial charge in [0.1, 0.15) is 0 Å². The molecule has 2 aromatic heterocycles. The van der Waals surface area contributed by atoms with Crippen LogP contribution in [0.3, 0.4) is 0 Å². The third-order valence-corrected chi connectivity index (χ3v) is 7.48. The van der Waals surface area contributed by atoms with Crippen LogP contribution < -0.4 is 10.6 Å². The Morgan fingerprint density at radius 2 is 1.74 bits per heavy atom. The Balaban J connectivity index is 1.47. The number of carbonyl (C=O) groups excluding carboxylic acids is 1. The first-order valence-electron chi connectivity index (χ1n) is 12.9. The number of nitrogens with zero attached hydrogens (tertiary/aromatic N) is 3. The first kappa shape index (κ1) is 25.7. The van der Waals surface area contributed by atoms with Gasteiger partial charge in [0.2, 0.25) is 5.91 Å². The fourth-order valence-electron chi connectivity index (χ4n) is 5.40. The Morgan fingerprint density at radius 3 is 2.45 bits per heavy atom. The maximum absolute atomic E-state index is 12.9. The zero-order chi connectivity index (χ0) is 26.8. The van der Waals surface area contributed by atoms with E-state index in [2.05, 4.69) is 76.2 Å². The molecule has 194 valence electrons. The van der Waals surface area contributed by atoms with Crippen LogP contribution in [0, 0.1) is 27.7 Å². The van der Waals surface area contributed by atoms with Gasteiger partial charge in [-0.3, -0.25) is 9.78 Å². The van der Waals surface area contributed by atoms with E-state index < -0.39 is 0 Å². The molecule has 0 saturated carbocycles. The van der Waals surface area contributed by atoms with Crippen molar-refractivity contribution in [2.75, 3.05) is 11.9 Å². The van der Waals surface area contributed by atoms with Crippen molar-refractivity contribution < 1.29 is 4.79 Å². The van der Waals surface area contributed by atoms with Crippen molar-refractivity contribution in [1.29, 1.82) is 0 Å². The largest absolute Gasteiger partial charge is 0.352 e. The van der Waals surface area contributed by atoms with Crippen molar-refractivity contribution in [3.63, 3.8) is 0 Å². The maximum atomic E-state index is 12.9. The van der Waals surface area contributed by atoms with Crippen molar-refractivity contribution in [3.05, 3.63) is 113 Å². The fraction of sp³-hybridized carbons (Fsp3) is 0.258. The Morgan fingerprint density at radius 1 is 0.974 bits per heavy atom. The topological polar surface area (TPSA) is 62.2 Å². The standard InChI is InChI=1S/C31H33N5OS/c1-20-9-7-11-24(17-20)33-28(37)14-16-35-30(29(34-31(35)38)27-13-5-6-15-32-27)26-19-22(3)36(23(26)4)25-12-8-10-21(2)18-25/h5-13,15,17-19,29-30H,14,16H2,1-4H3,(H,33,37)(H,34,38)/t29-,30+/m1/s1. The molecular weight excluding hydrogens is 490 g/mol. The van der Waals surface area contributed by atoms with Crippen LogP contribution in [0.4, 0.5) is 5.69 Å². The molecule has 0 spiro atoms. The zero-order valence-corrected chi connectivity index (χ0v) is 23.0. The van der Waals surface area contributed by atoms with Crippen LogP contribution >= 0.6 is 12.2 Å². The van der Waals surface area contributed by atoms with Gasteiger partial charge >= 0.3 is 0 Å². The molecule has 1 amide bonds. The van der Waals surface area contributed by atoms with Crippen LogP contribution in [0.25, 0.3) is 5.69 Å². The molecule has 1 aliphatic heterocycles. The summed E-state index contributed by atoms with van der Waals surface area (Å²) in [6, 6.07) is 24.3. The third kappa shape index (κ3) is 5.20. The second-order valence-electron chi connectivity index (χ2n) is 9.99. The monoisotopic (exact) mass is 523 g/mol. The summed E-state index contributed by atoms with van der Waals surface area (Å²) < 4.78 is 2.29. The van der Waals surface area contributed by atoms with Crippen LogP contribution in [0.1, 0.15) is 52.3 Å². The number of carbonyl (C=O) groups is 1. The van der Waals surface area contributed by atoms with Gasteiger partial charge in [0.25, 0.3) is 0 Å². The zero-order valence-electron chi connectivity index (χ0n) is 22.2. The highest BCUT2D eigenvalue weighted by atomic mass is 32.1. The summed E-state index contributed by atoms with van der Waals surface area (Å²) >= 11 is 5.84. The molecule has 4 aromatic rings. The predicted octanol–water partition coefficient (Wildman–Crippen LogP) is 6.11. The minimum Gasteiger partial charge on any atom is -0.352 e.